The first-order valence-electron chi connectivity index (χ1n) is 5.75. The number of carbonyl (C=O) groups excluding carboxylic acids is 1. The first-order valence-corrected chi connectivity index (χ1v) is 5.75. The number of aromatic nitrogens is 3. The van der Waals surface area contributed by atoms with Crippen molar-refractivity contribution in [2.24, 2.45) is 0 Å². The highest BCUT2D eigenvalue weighted by atomic mass is 16.2. The highest BCUT2D eigenvalue weighted by Crippen LogP contribution is 2.13. The Kier molecular flexibility index (Phi) is 3.57. The van der Waals surface area contributed by atoms with Crippen LogP contribution in [0.3, 0.4) is 0 Å². The Hall–Kier alpha value is -2.37. The van der Waals surface area contributed by atoms with Gasteiger partial charge in [0.15, 0.2) is 5.82 Å². The molecule has 0 aliphatic carbocycles. The zero-order valence-electron chi connectivity index (χ0n) is 10.1. The number of hydrogen-bond donors (Lipinski definition) is 2. The van der Waals surface area contributed by atoms with E-state index in [4.69, 9.17) is 5.73 Å². The van der Waals surface area contributed by atoms with Gasteiger partial charge in [-0.2, -0.15) is 5.10 Å². The van der Waals surface area contributed by atoms with Crippen molar-refractivity contribution in [2.45, 2.75) is 19.9 Å². The summed E-state index contributed by atoms with van der Waals surface area (Å²) in [6.45, 7) is 2.79. The molecule has 2 rings (SSSR count). The van der Waals surface area contributed by atoms with Gasteiger partial charge in [-0.3, -0.25) is 4.79 Å². The molecule has 2 aromatic rings. The van der Waals surface area contributed by atoms with Crippen molar-refractivity contribution in [3.05, 3.63) is 36.3 Å². The van der Waals surface area contributed by atoms with Crippen molar-refractivity contribution < 1.29 is 4.79 Å². The number of nitrogens with zero attached hydrogens (tertiary/aromatic N) is 3. The lowest BCUT2D eigenvalue weighted by Crippen LogP contribution is -2.17. The third-order valence-electron chi connectivity index (χ3n) is 2.43. The summed E-state index contributed by atoms with van der Waals surface area (Å²) in [6, 6.07) is 5.05. The molecule has 6 heteroatoms. The predicted molar refractivity (Wildman–Crippen MR) is 69.1 cm³/mol. The standard InChI is InChI=1S/C12H15N5O/c1-2-6-17-8-9(13)7-10(17)12(18)15-11-4-3-5-14-16-11/h3-5,7-8H,2,6,13H2,1H3,(H,15,16,18). The van der Waals surface area contributed by atoms with E-state index in [0.29, 0.717) is 17.2 Å². The number of nitrogens with one attached hydrogen (secondary N) is 1. The highest BCUT2D eigenvalue weighted by Gasteiger charge is 2.13. The maximum Gasteiger partial charge on any atom is 0.273 e. The van der Waals surface area contributed by atoms with Crippen LogP contribution in [0.2, 0.25) is 0 Å². The SMILES string of the molecule is CCCn1cc(N)cc1C(=O)Nc1cccnn1. The van der Waals surface area contributed by atoms with E-state index in [-0.39, 0.29) is 5.91 Å². The molecule has 94 valence electrons. The number of carbonyl (C=O) groups is 1. The summed E-state index contributed by atoms with van der Waals surface area (Å²) in [5.41, 5.74) is 6.82. The van der Waals surface area contributed by atoms with Gasteiger partial charge in [0, 0.05) is 18.9 Å². The topological polar surface area (TPSA) is 85.8 Å². The van der Waals surface area contributed by atoms with Crippen molar-refractivity contribution in [3.63, 3.8) is 0 Å². The molecule has 1 amide bonds. The van der Waals surface area contributed by atoms with Crippen LogP contribution >= 0.6 is 0 Å². The van der Waals surface area contributed by atoms with Gasteiger partial charge in [0.25, 0.3) is 5.91 Å². The molecule has 0 saturated heterocycles. The van der Waals surface area contributed by atoms with Gasteiger partial charge in [-0.15, -0.1) is 5.10 Å². The van der Waals surface area contributed by atoms with Crippen LogP contribution in [0.4, 0.5) is 11.5 Å². The van der Waals surface area contributed by atoms with Crippen LogP contribution in [0.5, 0.6) is 0 Å². The van der Waals surface area contributed by atoms with Crippen molar-refractivity contribution in [1.82, 2.24) is 14.8 Å². The fraction of sp³-hybridized carbons (Fsp3) is 0.250. The van der Waals surface area contributed by atoms with E-state index in [9.17, 15) is 4.79 Å². The first-order chi connectivity index (χ1) is 8.70. The Balaban J connectivity index is 2.18. The molecule has 0 saturated carbocycles. The molecule has 2 heterocycles. The van der Waals surface area contributed by atoms with Gasteiger partial charge in [-0.05, 0) is 24.6 Å². The molecule has 18 heavy (non-hydrogen) atoms. The van der Waals surface area contributed by atoms with Crippen molar-refractivity contribution in [2.75, 3.05) is 11.1 Å². The second-order valence-electron chi connectivity index (χ2n) is 3.92. The number of anilines is 2. The molecule has 6 nitrogen and oxygen atoms in total. The van der Waals surface area contributed by atoms with Gasteiger partial charge in [0.1, 0.15) is 5.69 Å². The highest BCUT2D eigenvalue weighted by molar-refractivity contribution is 6.03. The summed E-state index contributed by atoms with van der Waals surface area (Å²) < 4.78 is 1.83. The minimum absolute atomic E-state index is 0.236. The second kappa shape index (κ2) is 5.31. The van der Waals surface area contributed by atoms with Crippen LogP contribution in [0.25, 0.3) is 0 Å². The molecule has 0 aromatic carbocycles. The third-order valence-corrected chi connectivity index (χ3v) is 2.43. The molecule has 0 fully saturated rings. The third kappa shape index (κ3) is 2.65. The molecule has 0 atom stereocenters. The quantitative estimate of drug-likeness (QED) is 0.855. The normalized spacial score (nSPS) is 10.3. The first kappa shape index (κ1) is 12.1. The Bertz CT molecular complexity index is 535. The average Bonchev–Trinajstić information content (AvgIpc) is 2.72. The van der Waals surface area contributed by atoms with E-state index in [1.54, 1.807) is 30.6 Å². The molecule has 0 bridgehead atoms. The van der Waals surface area contributed by atoms with Gasteiger partial charge in [-0.1, -0.05) is 6.92 Å². The Morgan fingerprint density at radius 1 is 1.56 bits per heavy atom. The maximum atomic E-state index is 12.1. The number of nitrogen functional groups attached to an aromatic ring is 1. The zero-order chi connectivity index (χ0) is 13.0. The van der Waals surface area contributed by atoms with Gasteiger partial charge in [0.05, 0.1) is 5.69 Å². The summed E-state index contributed by atoms with van der Waals surface area (Å²) >= 11 is 0. The molecule has 2 aromatic heterocycles. The van der Waals surface area contributed by atoms with E-state index < -0.39 is 0 Å². The van der Waals surface area contributed by atoms with E-state index in [1.165, 1.54) is 0 Å². The molecule has 0 radical (unpaired) electrons. The van der Waals surface area contributed by atoms with Crippen molar-refractivity contribution >= 4 is 17.4 Å². The predicted octanol–water partition coefficient (Wildman–Crippen LogP) is 1.52. The number of nitrogens with two attached hydrogens (primary N) is 1. The molecule has 0 spiro atoms. The summed E-state index contributed by atoms with van der Waals surface area (Å²) in [4.78, 5) is 12.1. The van der Waals surface area contributed by atoms with Crippen molar-refractivity contribution in [3.8, 4) is 0 Å². The van der Waals surface area contributed by atoms with E-state index >= 15 is 0 Å². The Morgan fingerprint density at radius 3 is 3.06 bits per heavy atom. The smallest absolute Gasteiger partial charge is 0.273 e. The van der Waals surface area contributed by atoms with Gasteiger partial charge < -0.3 is 15.6 Å². The molecular formula is C12H15N5O. The lowest BCUT2D eigenvalue weighted by molar-refractivity contribution is 0.101. The molecule has 0 unspecified atom stereocenters. The fourth-order valence-corrected chi connectivity index (χ4v) is 1.70. The van der Waals surface area contributed by atoms with Crippen LogP contribution in [0.15, 0.2) is 30.6 Å². The summed E-state index contributed by atoms with van der Waals surface area (Å²) in [5.74, 6) is 0.186. The number of aryl methyl sites for hydroxylation is 1. The van der Waals surface area contributed by atoms with Crippen LogP contribution in [0, 0.1) is 0 Å². The minimum Gasteiger partial charge on any atom is -0.397 e. The summed E-state index contributed by atoms with van der Waals surface area (Å²) in [7, 11) is 0. The van der Waals surface area contributed by atoms with Gasteiger partial charge in [-0.25, -0.2) is 0 Å². The fourth-order valence-electron chi connectivity index (χ4n) is 1.70. The Labute approximate surface area is 105 Å². The largest absolute Gasteiger partial charge is 0.397 e. The minimum atomic E-state index is -0.236. The zero-order valence-corrected chi connectivity index (χ0v) is 10.1. The average molecular weight is 245 g/mol. The maximum absolute atomic E-state index is 12.1. The summed E-state index contributed by atoms with van der Waals surface area (Å²) in [5, 5.41) is 10.2. The monoisotopic (exact) mass is 245 g/mol. The van der Waals surface area contributed by atoms with Crippen LogP contribution in [-0.4, -0.2) is 20.7 Å². The van der Waals surface area contributed by atoms with Crippen LogP contribution in [0.1, 0.15) is 23.8 Å². The van der Waals surface area contributed by atoms with Crippen LogP contribution in [-0.2, 0) is 6.54 Å². The molecular weight excluding hydrogens is 230 g/mol. The van der Waals surface area contributed by atoms with Gasteiger partial charge in [0.2, 0.25) is 0 Å². The number of hydrogen-bond acceptors (Lipinski definition) is 4. The van der Waals surface area contributed by atoms with E-state index in [1.807, 2.05) is 11.5 Å². The van der Waals surface area contributed by atoms with Gasteiger partial charge >= 0.3 is 0 Å². The Morgan fingerprint density at radius 2 is 2.39 bits per heavy atom. The van der Waals surface area contributed by atoms with E-state index in [2.05, 4.69) is 15.5 Å². The van der Waals surface area contributed by atoms with Crippen LogP contribution < -0.4 is 11.1 Å². The van der Waals surface area contributed by atoms with E-state index in [0.717, 1.165) is 13.0 Å². The molecule has 0 aliphatic rings. The molecule has 0 aliphatic heterocycles. The lowest BCUT2D eigenvalue weighted by Gasteiger charge is -2.07. The second-order valence-corrected chi connectivity index (χ2v) is 3.92. The number of rotatable bonds is 4. The summed E-state index contributed by atoms with van der Waals surface area (Å²) in [6.07, 6.45) is 4.24. The number of amides is 1. The lowest BCUT2D eigenvalue weighted by atomic mass is 10.3. The van der Waals surface area contributed by atoms with Crippen molar-refractivity contribution in [1.29, 1.82) is 0 Å². The molecule has 3 N–H and O–H groups in total.